The molecule has 0 aliphatic heterocycles. The third-order valence-corrected chi connectivity index (χ3v) is 3.20. The quantitative estimate of drug-likeness (QED) is 0.526. The molecule has 0 aromatic heterocycles. The average molecular weight is 308 g/mol. The van der Waals surface area contributed by atoms with E-state index in [0.29, 0.717) is 19.0 Å². The molecule has 1 rings (SSSR count). The highest BCUT2D eigenvalue weighted by molar-refractivity contribution is 5.86. The van der Waals surface area contributed by atoms with Gasteiger partial charge in [0.15, 0.2) is 5.96 Å². The molecule has 1 amide bonds. The summed E-state index contributed by atoms with van der Waals surface area (Å²) in [6.07, 6.45) is 1.67. The van der Waals surface area contributed by atoms with E-state index in [4.69, 9.17) is 0 Å². The second kappa shape index (κ2) is 9.76. The van der Waals surface area contributed by atoms with Crippen molar-refractivity contribution in [2.24, 2.45) is 4.99 Å². The van der Waals surface area contributed by atoms with Gasteiger partial charge in [-0.25, -0.2) is 4.39 Å². The Kier molecular flexibility index (Phi) is 7.96. The zero-order valence-electron chi connectivity index (χ0n) is 13.5. The van der Waals surface area contributed by atoms with Crippen LogP contribution in [-0.2, 0) is 11.2 Å². The molecule has 0 aliphatic rings. The van der Waals surface area contributed by atoms with Crippen molar-refractivity contribution in [3.63, 3.8) is 0 Å². The van der Waals surface area contributed by atoms with Crippen molar-refractivity contribution in [1.29, 1.82) is 0 Å². The number of amides is 1. The van der Waals surface area contributed by atoms with E-state index in [2.05, 4.69) is 20.9 Å². The fraction of sp³-hybridized carbons (Fsp3) is 0.500. The number of carbonyl (C=O) groups excluding carboxylic acids is 1. The monoisotopic (exact) mass is 308 g/mol. The summed E-state index contributed by atoms with van der Waals surface area (Å²) in [7, 11) is 1.66. The van der Waals surface area contributed by atoms with Gasteiger partial charge in [0.05, 0.1) is 6.54 Å². The van der Waals surface area contributed by atoms with E-state index in [1.807, 2.05) is 13.8 Å². The number of halogens is 1. The topological polar surface area (TPSA) is 65.5 Å². The van der Waals surface area contributed by atoms with E-state index in [9.17, 15) is 9.18 Å². The summed E-state index contributed by atoms with van der Waals surface area (Å²) >= 11 is 0. The van der Waals surface area contributed by atoms with Gasteiger partial charge in [-0.15, -0.1) is 0 Å². The first-order chi connectivity index (χ1) is 10.6. The van der Waals surface area contributed by atoms with E-state index in [1.165, 1.54) is 12.1 Å². The number of carbonyl (C=O) groups is 1. The lowest BCUT2D eigenvalue weighted by Gasteiger charge is -2.12. The minimum absolute atomic E-state index is 0.0563. The van der Waals surface area contributed by atoms with Crippen LogP contribution in [0.1, 0.15) is 24.5 Å². The van der Waals surface area contributed by atoms with E-state index < -0.39 is 0 Å². The van der Waals surface area contributed by atoms with Crippen LogP contribution < -0.4 is 16.0 Å². The van der Waals surface area contributed by atoms with E-state index >= 15 is 0 Å². The number of hydrogen-bond acceptors (Lipinski definition) is 2. The standard InChI is InChI=1S/C16H25FN4O/c1-4-8-19-15(22)11-21-16(18-3)20-9-7-13-5-6-14(17)10-12(13)2/h5-6,10H,4,7-9,11H2,1-3H3,(H,19,22)(H2,18,20,21). The smallest absolute Gasteiger partial charge is 0.239 e. The first-order valence-corrected chi connectivity index (χ1v) is 7.53. The molecule has 0 unspecified atom stereocenters. The van der Waals surface area contributed by atoms with Crippen LogP contribution in [0.15, 0.2) is 23.2 Å². The Balaban J connectivity index is 2.33. The highest BCUT2D eigenvalue weighted by Crippen LogP contribution is 2.10. The van der Waals surface area contributed by atoms with E-state index in [-0.39, 0.29) is 18.3 Å². The van der Waals surface area contributed by atoms with Gasteiger partial charge in [-0.3, -0.25) is 9.79 Å². The summed E-state index contributed by atoms with van der Waals surface area (Å²) in [6, 6.07) is 4.79. The Hall–Kier alpha value is -2.11. The molecule has 5 nitrogen and oxygen atoms in total. The van der Waals surface area contributed by atoms with Crippen molar-refractivity contribution in [3.05, 3.63) is 35.1 Å². The Morgan fingerprint density at radius 2 is 2.00 bits per heavy atom. The Morgan fingerprint density at radius 3 is 2.64 bits per heavy atom. The van der Waals surface area contributed by atoms with Crippen molar-refractivity contribution in [3.8, 4) is 0 Å². The molecule has 0 radical (unpaired) electrons. The summed E-state index contributed by atoms with van der Waals surface area (Å²) in [6.45, 7) is 5.42. The first-order valence-electron chi connectivity index (χ1n) is 7.53. The zero-order chi connectivity index (χ0) is 16.4. The largest absolute Gasteiger partial charge is 0.356 e. The van der Waals surface area contributed by atoms with Crippen molar-refractivity contribution in [2.75, 3.05) is 26.7 Å². The van der Waals surface area contributed by atoms with Crippen LogP contribution in [0.2, 0.25) is 0 Å². The highest BCUT2D eigenvalue weighted by Gasteiger charge is 2.04. The maximum absolute atomic E-state index is 13.0. The minimum atomic E-state index is -0.218. The molecule has 6 heteroatoms. The average Bonchev–Trinajstić information content (AvgIpc) is 2.50. The Bertz CT molecular complexity index is 517. The molecule has 0 heterocycles. The van der Waals surface area contributed by atoms with Crippen molar-refractivity contribution in [1.82, 2.24) is 16.0 Å². The summed E-state index contributed by atoms with van der Waals surface area (Å²) in [4.78, 5) is 15.6. The van der Waals surface area contributed by atoms with Gasteiger partial charge in [0.25, 0.3) is 0 Å². The first kappa shape index (κ1) is 17.9. The van der Waals surface area contributed by atoms with Gasteiger partial charge in [0.2, 0.25) is 5.91 Å². The number of nitrogens with one attached hydrogen (secondary N) is 3. The van der Waals surface area contributed by atoms with Crippen LogP contribution in [0.3, 0.4) is 0 Å². The normalized spacial score (nSPS) is 11.2. The van der Waals surface area contributed by atoms with Crippen molar-refractivity contribution < 1.29 is 9.18 Å². The molecule has 0 aliphatic carbocycles. The fourth-order valence-electron chi connectivity index (χ4n) is 1.97. The molecule has 0 spiro atoms. The van der Waals surface area contributed by atoms with Gasteiger partial charge in [0, 0.05) is 20.1 Å². The number of nitrogens with zero attached hydrogens (tertiary/aromatic N) is 1. The number of rotatable bonds is 7. The zero-order valence-corrected chi connectivity index (χ0v) is 13.5. The predicted octanol–water partition coefficient (Wildman–Crippen LogP) is 1.37. The van der Waals surface area contributed by atoms with Gasteiger partial charge >= 0.3 is 0 Å². The second-order valence-electron chi connectivity index (χ2n) is 5.02. The van der Waals surface area contributed by atoms with Crippen molar-refractivity contribution >= 4 is 11.9 Å². The molecule has 22 heavy (non-hydrogen) atoms. The predicted molar refractivity (Wildman–Crippen MR) is 87.5 cm³/mol. The van der Waals surface area contributed by atoms with Gasteiger partial charge in [0.1, 0.15) is 5.82 Å². The molecule has 0 saturated heterocycles. The minimum Gasteiger partial charge on any atom is -0.356 e. The van der Waals surface area contributed by atoms with E-state index in [0.717, 1.165) is 24.0 Å². The van der Waals surface area contributed by atoms with Crippen LogP contribution >= 0.6 is 0 Å². The summed E-state index contributed by atoms with van der Waals surface area (Å²) in [5, 5.41) is 8.88. The molecule has 0 saturated carbocycles. The lowest BCUT2D eigenvalue weighted by Crippen LogP contribution is -2.43. The number of aryl methyl sites for hydroxylation is 1. The number of benzene rings is 1. The third kappa shape index (κ3) is 6.56. The van der Waals surface area contributed by atoms with Crippen LogP contribution in [0.25, 0.3) is 0 Å². The molecular weight excluding hydrogens is 283 g/mol. The van der Waals surface area contributed by atoms with Crippen LogP contribution in [-0.4, -0.2) is 38.5 Å². The fourth-order valence-corrected chi connectivity index (χ4v) is 1.97. The summed E-state index contributed by atoms with van der Waals surface area (Å²) in [5.41, 5.74) is 2.02. The maximum Gasteiger partial charge on any atom is 0.239 e. The number of hydrogen-bond donors (Lipinski definition) is 3. The van der Waals surface area contributed by atoms with E-state index in [1.54, 1.807) is 13.1 Å². The molecule has 1 aromatic carbocycles. The summed E-state index contributed by atoms with van der Waals surface area (Å²) < 4.78 is 13.0. The SMILES string of the molecule is CCCNC(=O)CNC(=NC)NCCc1ccc(F)cc1C. The molecule has 3 N–H and O–H groups in total. The van der Waals surface area contributed by atoms with Gasteiger partial charge in [-0.2, -0.15) is 0 Å². The molecular formula is C16H25FN4O. The molecule has 122 valence electrons. The van der Waals surface area contributed by atoms with Gasteiger partial charge < -0.3 is 16.0 Å². The molecule has 0 atom stereocenters. The van der Waals surface area contributed by atoms with Gasteiger partial charge in [-0.1, -0.05) is 13.0 Å². The molecule has 0 fully saturated rings. The van der Waals surface area contributed by atoms with Crippen molar-refractivity contribution in [2.45, 2.75) is 26.7 Å². The van der Waals surface area contributed by atoms with Crippen LogP contribution in [0.5, 0.6) is 0 Å². The summed E-state index contributed by atoms with van der Waals surface area (Å²) in [5.74, 6) is 0.301. The Labute approximate surface area is 131 Å². The highest BCUT2D eigenvalue weighted by atomic mass is 19.1. The number of guanidine groups is 1. The Morgan fingerprint density at radius 1 is 1.23 bits per heavy atom. The lowest BCUT2D eigenvalue weighted by molar-refractivity contribution is -0.120. The lowest BCUT2D eigenvalue weighted by atomic mass is 10.1. The molecule has 1 aromatic rings. The number of aliphatic imine (C=N–C) groups is 1. The van der Waals surface area contributed by atoms with Crippen LogP contribution in [0.4, 0.5) is 4.39 Å². The van der Waals surface area contributed by atoms with Gasteiger partial charge in [-0.05, 0) is 43.0 Å². The molecule has 0 bridgehead atoms. The van der Waals surface area contributed by atoms with Crippen LogP contribution in [0, 0.1) is 12.7 Å². The maximum atomic E-state index is 13.0. The third-order valence-electron chi connectivity index (χ3n) is 3.20. The second-order valence-corrected chi connectivity index (χ2v) is 5.02.